The lowest BCUT2D eigenvalue weighted by Crippen LogP contribution is -2.62. The SMILES string of the molecule is C=CCCCO[C@H]1O[C@H](COC(C)=O)[C@@H](OCc2ccccc2)[C@H](OC(=O)CCl)[C@@H]1OCc1ccccc1. The molecule has 2 aromatic rings. The van der Waals surface area contributed by atoms with Crippen LogP contribution in [-0.2, 0) is 51.2 Å². The van der Waals surface area contributed by atoms with Crippen LogP contribution in [0.25, 0.3) is 0 Å². The Morgan fingerprint density at radius 3 is 2.08 bits per heavy atom. The molecule has 0 bridgehead atoms. The van der Waals surface area contributed by atoms with Gasteiger partial charge in [0.25, 0.3) is 0 Å². The van der Waals surface area contributed by atoms with Crippen molar-refractivity contribution in [1.82, 2.24) is 0 Å². The number of benzene rings is 2. The molecule has 0 amide bonds. The zero-order valence-electron chi connectivity index (χ0n) is 21.5. The zero-order chi connectivity index (χ0) is 27.2. The third-order valence-corrected chi connectivity index (χ3v) is 6.04. The average molecular weight is 547 g/mol. The van der Waals surface area contributed by atoms with E-state index in [9.17, 15) is 9.59 Å². The molecule has 1 aliphatic rings. The number of carbonyl (C=O) groups excluding carboxylic acids is 2. The number of unbranched alkanes of at least 4 members (excludes halogenated alkanes) is 1. The number of hydrogen-bond acceptors (Lipinski definition) is 8. The minimum absolute atomic E-state index is 0.123. The van der Waals surface area contributed by atoms with E-state index in [-0.39, 0.29) is 25.7 Å². The smallest absolute Gasteiger partial charge is 0.321 e. The number of carbonyl (C=O) groups is 2. The molecule has 1 fully saturated rings. The van der Waals surface area contributed by atoms with Crippen LogP contribution in [0.3, 0.4) is 0 Å². The Labute approximate surface area is 228 Å². The maximum Gasteiger partial charge on any atom is 0.321 e. The summed E-state index contributed by atoms with van der Waals surface area (Å²) >= 11 is 5.81. The number of alkyl halides is 1. The van der Waals surface area contributed by atoms with Crippen molar-refractivity contribution in [2.24, 2.45) is 0 Å². The van der Waals surface area contributed by atoms with Gasteiger partial charge in [-0.2, -0.15) is 0 Å². The third kappa shape index (κ3) is 9.53. The Kier molecular flexibility index (Phi) is 12.8. The topological polar surface area (TPSA) is 89.5 Å². The van der Waals surface area contributed by atoms with Crippen molar-refractivity contribution in [3.8, 4) is 0 Å². The predicted octanol–water partition coefficient (Wildman–Crippen LogP) is 4.58. The number of ether oxygens (including phenoxy) is 6. The first-order chi connectivity index (χ1) is 18.5. The third-order valence-electron chi connectivity index (χ3n) is 5.82. The number of esters is 2. The van der Waals surface area contributed by atoms with E-state index >= 15 is 0 Å². The normalized spacial score (nSPS) is 22.9. The van der Waals surface area contributed by atoms with E-state index in [1.54, 1.807) is 6.08 Å². The molecule has 0 aliphatic carbocycles. The lowest BCUT2D eigenvalue weighted by atomic mass is 9.98. The van der Waals surface area contributed by atoms with E-state index in [2.05, 4.69) is 6.58 Å². The molecule has 38 heavy (non-hydrogen) atoms. The second-order valence-corrected chi connectivity index (χ2v) is 9.03. The molecular formula is C29H35ClO8. The molecule has 1 saturated heterocycles. The monoisotopic (exact) mass is 546 g/mol. The van der Waals surface area contributed by atoms with Crippen LogP contribution in [-0.4, -0.2) is 61.7 Å². The van der Waals surface area contributed by atoms with Crippen molar-refractivity contribution < 1.29 is 38.0 Å². The highest BCUT2D eigenvalue weighted by Gasteiger charge is 2.50. The summed E-state index contributed by atoms with van der Waals surface area (Å²) < 4.78 is 35.9. The standard InChI is InChI=1S/C29H35ClO8/c1-3-4-11-16-33-29-28(36-19-23-14-9-6-10-15-23)27(38-25(32)17-30)26(24(37-29)20-34-21(2)31)35-18-22-12-7-5-8-13-22/h3,5-10,12-15,24,26-29H,1,4,11,16-20H2,2H3/t24-,26-,27+,28+,29+/m1/s1. The van der Waals surface area contributed by atoms with Gasteiger partial charge < -0.3 is 28.4 Å². The number of halogens is 1. The van der Waals surface area contributed by atoms with Gasteiger partial charge in [-0.15, -0.1) is 18.2 Å². The molecule has 9 heteroatoms. The lowest BCUT2D eigenvalue weighted by Gasteiger charge is -2.45. The summed E-state index contributed by atoms with van der Waals surface area (Å²) in [4.78, 5) is 24.1. The number of allylic oxidation sites excluding steroid dienone is 1. The highest BCUT2D eigenvalue weighted by molar-refractivity contribution is 6.26. The summed E-state index contributed by atoms with van der Waals surface area (Å²) in [5.41, 5.74) is 1.83. The number of rotatable bonds is 15. The molecule has 0 saturated carbocycles. The predicted molar refractivity (Wildman–Crippen MR) is 141 cm³/mol. The highest BCUT2D eigenvalue weighted by Crippen LogP contribution is 2.31. The molecule has 0 spiro atoms. The molecule has 1 heterocycles. The molecule has 0 aromatic heterocycles. The van der Waals surface area contributed by atoms with Crippen LogP contribution >= 0.6 is 11.6 Å². The molecule has 1 aliphatic heterocycles. The minimum atomic E-state index is -0.951. The average Bonchev–Trinajstić information content (AvgIpc) is 2.94. The summed E-state index contributed by atoms with van der Waals surface area (Å²) in [5.74, 6) is -1.47. The Morgan fingerprint density at radius 1 is 0.921 bits per heavy atom. The van der Waals surface area contributed by atoms with Crippen molar-refractivity contribution in [3.05, 3.63) is 84.4 Å². The number of hydrogen-bond donors (Lipinski definition) is 0. The van der Waals surface area contributed by atoms with Gasteiger partial charge in [0.05, 0.1) is 19.8 Å². The summed E-state index contributed by atoms with van der Waals surface area (Å²) in [6.45, 7) is 5.70. The first-order valence-electron chi connectivity index (χ1n) is 12.6. The van der Waals surface area contributed by atoms with Crippen LogP contribution in [0, 0.1) is 0 Å². The molecule has 0 unspecified atom stereocenters. The molecule has 8 nitrogen and oxygen atoms in total. The molecular weight excluding hydrogens is 512 g/mol. The van der Waals surface area contributed by atoms with Crippen LogP contribution in [0.5, 0.6) is 0 Å². The Balaban J connectivity index is 1.90. The van der Waals surface area contributed by atoms with Crippen molar-refractivity contribution in [3.63, 3.8) is 0 Å². The zero-order valence-corrected chi connectivity index (χ0v) is 22.3. The van der Waals surface area contributed by atoms with Gasteiger partial charge in [0.2, 0.25) is 0 Å². The summed E-state index contributed by atoms with van der Waals surface area (Å²) in [7, 11) is 0. The van der Waals surface area contributed by atoms with E-state index in [1.807, 2.05) is 60.7 Å². The quantitative estimate of drug-likeness (QED) is 0.139. The van der Waals surface area contributed by atoms with Gasteiger partial charge in [-0.1, -0.05) is 66.7 Å². The van der Waals surface area contributed by atoms with E-state index < -0.39 is 42.6 Å². The molecule has 2 aromatic carbocycles. The fourth-order valence-electron chi connectivity index (χ4n) is 4.00. The highest BCUT2D eigenvalue weighted by atomic mass is 35.5. The van der Waals surface area contributed by atoms with Crippen LogP contribution in [0.15, 0.2) is 73.3 Å². The second-order valence-electron chi connectivity index (χ2n) is 8.76. The Morgan fingerprint density at radius 2 is 1.53 bits per heavy atom. The molecule has 5 atom stereocenters. The van der Waals surface area contributed by atoms with Gasteiger partial charge in [-0.3, -0.25) is 9.59 Å². The first-order valence-corrected chi connectivity index (χ1v) is 13.1. The summed E-state index contributed by atoms with van der Waals surface area (Å²) in [5, 5.41) is 0. The van der Waals surface area contributed by atoms with Gasteiger partial charge in [0.1, 0.15) is 30.8 Å². The second kappa shape index (κ2) is 16.3. The van der Waals surface area contributed by atoms with Crippen LogP contribution < -0.4 is 0 Å². The van der Waals surface area contributed by atoms with Gasteiger partial charge in [0.15, 0.2) is 12.4 Å². The maximum absolute atomic E-state index is 12.5. The minimum Gasteiger partial charge on any atom is -0.463 e. The fourth-order valence-corrected chi connectivity index (χ4v) is 4.06. The molecule has 0 radical (unpaired) electrons. The summed E-state index contributed by atoms with van der Waals surface area (Å²) in [6.07, 6.45) is -1.08. The van der Waals surface area contributed by atoms with E-state index in [1.165, 1.54) is 6.92 Å². The fraction of sp³-hybridized carbons (Fsp3) is 0.448. The molecule has 3 rings (SSSR count). The van der Waals surface area contributed by atoms with E-state index in [0.29, 0.717) is 13.0 Å². The van der Waals surface area contributed by atoms with E-state index in [0.717, 1.165) is 17.5 Å². The van der Waals surface area contributed by atoms with Gasteiger partial charge >= 0.3 is 11.9 Å². The van der Waals surface area contributed by atoms with Crippen LogP contribution in [0.1, 0.15) is 30.9 Å². The molecule has 0 N–H and O–H groups in total. The van der Waals surface area contributed by atoms with Gasteiger partial charge in [0, 0.05) is 6.92 Å². The first kappa shape index (κ1) is 29.8. The largest absolute Gasteiger partial charge is 0.463 e. The maximum atomic E-state index is 12.5. The summed E-state index contributed by atoms with van der Waals surface area (Å²) in [6, 6.07) is 19.1. The lowest BCUT2D eigenvalue weighted by molar-refractivity contribution is -0.320. The van der Waals surface area contributed by atoms with Gasteiger partial charge in [-0.05, 0) is 24.0 Å². The van der Waals surface area contributed by atoms with Crippen LogP contribution in [0.2, 0.25) is 0 Å². The Bertz CT molecular complexity index is 987. The van der Waals surface area contributed by atoms with Crippen molar-refractivity contribution in [2.45, 2.75) is 63.7 Å². The Hall–Kier alpha value is -2.75. The van der Waals surface area contributed by atoms with Crippen molar-refractivity contribution in [1.29, 1.82) is 0 Å². The van der Waals surface area contributed by atoms with Gasteiger partial charge in [-0.25, -0.2) is 0 Å². The molecule has 206 valence electrons. The van der Waals surface area contributed by atoms with Crippen molar-refractivity contribution >= 4 is 23.5 Å². The van der Waals surface area contributed by atoms with Crippen LogP contribution in [0.4, 0.5) is 0 Å². The van der Waals surface area contributed by atoms with Crippen molar-refractivity contribution in [2.75, 3.05) is 19.1 Å². The van der Waals surface area contributed by atoms with E-state index in [4.69, 9.17) is 40.0 Å².